The highest BCUT2D eigenvalue weighted by atomic mass is 16.5. The second-order valence-electron chi connectivity index (χ2n) is 5.90. The monoisotopic (exact) mass is 284 g/mol. The van der Waals surface area contributed by atoms with Gasteiger partial charge in [0.15, 0.2) is 0 Å². The van der Waals surface area contributed by atoms with Gasteiger partial charge in [0.25, 0.3) is 0 Å². The number of hydrogen-bond acceptors (Lipinski definition) is 3. The molecule has 0 atom stereocenters. The van der Waals surface area contributed by atoms with Crippen LogP contribution in [0.25, 0.3) is 10.8 Å². The van der Waals surface area contributed by atoms with Crippen LogP contribution in [0.4, 0.5) is 0 Å². The molecule has 2 aromatic rings. The zero-order valence-corrected chi connectivity index (χ0v) is 12.8. The third kappa shape index (κ3) is 3.73. The average Bonchev–Trinajstić information content (AvgIpc) is 2.54. The highest BCUT2D eigenvalue weighted by molar-refractivity contribution is 5.82. The first kappa shape index (κ1) is 14.3. The molecule has 3 nitrogen and oxygen atoms in total. The van der Waals surface area contributed by atoms with Crippen molar-refractivity contribution < 1.29 is 4.74 Å². The van der Waals surface area contributed by atoms with E-state index in [1.165, 1.54) is 43.2 Å². The average molecular weight is 284 g/mol. The van der Waals surface area contributed by atoms with Crippen molar-refractivity contribution in [3.63, 3.8) is 0 Å². The van der Waals surface area contributed by atoms with E-state index in [1.807, 2.05) is 18.5 Å². The highest BCUT2D eigenvalue weighted by Crippen LogP contribution is 2.23. The van der Waals surface area contributed by atoms with Crippen LogP contribution in [0.2, 0.25) is 0 Å². The lowest BCUT2D eigenvalue weighted by atomic mass is 10.1. The van der Waals surface area contributed by atoms with E-state index in [1.54, 1.807) is 0 Å². The summed E-state index contributed by atoms with van der Waals surface area (Å²) in [6.45, 7) is 5.83. The molecule has 3 rings (SSSR count). The molecule has 3 heteroatoms. The molecule has 0 saturated carbocycles. The van der Waals surface area contributed by atoms with Crippen molar-refractivity contribution >= 4 is 10.8 Å². The van der Waals surface area contributed by atoms with E-state index in [9.17, 15) is 0 Å². The molecule has 1 saturated heterocycles. The number of aromatic nitrogens is 1. The summed E-state index contributed by atoms with van der Waals surface area (Å²) in [5.41, 5.74) is 0. The Morgan fingerprint density at radius 2 is 2.05 bits per heavy atom. The summed E-state index contributed by atoms with van der Waals surface area (Å²) in [5, 5.41) is 2.36. The van der Waals surface area contributed by atoms with E-state index in [-0.39, 0.29) is 0 Å². The zero-order valence-electron chi connectivity index (χ0n) is 12.8. The van der Waals surface area contributed by atoms with Crippen LogP contribution in [0.15, 0.2) is 36.7 Å². The molecule has 0 spiro atoms. The fraction of sp³-hybridized carbons (Fsp3) is 0.500. The maximum Gasteiger partial charge on any atom is 0.120 e. The Bertz CT molecular complexity index is 576. The van der Waals surface area contributed by atoms with Crippen molar-refractivity contribution in [1.82, 2.24) is 9.88 Å². The van der Waals surface area contributed by atoms with Crippen LogP contribution in [-0.4, -0.2) is 35.6 Å². The highest BCUT2D eigenvalue weighted by Gasteiger charge is 2.20. The molecule has 0 radical (unpaired) electrons. The molecule has 0 bridgehead atoms. The molecule has 2 heterocycles. The van der Waals surface area contributed by atoms with Crippen molar-refractivity contribution in [3.8, 4) is 5.75 Å². The number of benzene rings is 1. The molecule has 21 heavy (non-hydrogen) atoms. The number of pyridine rings is 1. The lowest BCUT2D eigenvalue weighted by Gasteiger charge is -2.32. The Labute approximate surface area is 126 Å². The Kier molecular flexibility index (Phi) is 4.71. The van der Waals surface area contributed by atoms with Gasteiger partial charge in [-0.15, -0.1) is 0 Å². The number of hydrogen-bond donors (Lipinski definition) is 0. The SMILES string of the molecule is CCCCN1CCC(Oc2ccc3cnccc3c2)CC1. The van der Waals surface area contributed by atoms with E-state index in [4.69, 9.17) is 4.74 Å². The fourth-order valence-corrected chi connectivity index (χ4v) is 2.96. The summed E-state index contributed by atoms with van der Waals surface area (Å²) in [4.78, 5) is 6.71. The number of piperidine rings is 1. The topological polar surface area (TPSA) is 25.4 Å². The summed E-state index contributed by atoms with van der Waals surface area (Å²) in [7, 11) is 0. The summed E-state index contributed by atoms with van der Waals surface area (Å²) < 4.78 is 6.17. The minimum absolute atomic E-state index is 0.363. The molecule has 1 aliphatic rings. The van der Waals surface area contributed by atoms with E-state index in [0.29, 0.717) is 6.10 Å². The third-order valence-electron chi connectivity index (χ3n) is 4.28. The molecule has 0 N–H and O–H groups in total. The molecule has 0 unspecified atom stereocenters. The molecule has 1 aliphatic heterocycles. The van der Waals surface area contributed by atoms with Crippen LogP contribution in [0.1, 0.15) is 32.6 Å². The van der Waals surface area contributed by atoms with Crippen LogP contribution in [-0.2, 0) is 0 Å². The second kappa shape index (κ2) is 6.90. The van der Waals surface area contributed by atoms with Crippen molar-refractivity contribution in [2.45, 2.75) is 38.7 Å². The van der Waals surface area contributed by atoms with Gasteiger partial charge in [0, 0.05) is 30.9 Å². The fourth-order valence-electron chi connectivity index (χ4n) is 2.96. The summed E-state index contributed by atoms with van der Waals surface area (Å²) in [6, 6.07) is 8.32. The first-order chi connectivity index (χ1) is 10.3. The first-order valence-corrected chi connectivity index (χ1v) is 8.08. The van der Waals surface area contributed by atoms with Gasteiger partial charge in [-0.2, -0.15) is 0 Å². The Morgan fingerprint density at radius 3 is 2.86 bits per heavy atom. The van der Waals surface area contributed by atoms with E-state index < -0.39 is 0 Å². The Morgan fingerprint density at radius 1 is 1.19 bits per heavy atom. The molecule has 1 aromatic carbocycles. The molecule has 0 amide bonds. The smallest absolute Gasteiger partial charge is 0.120 e. The van der Waals surface area contributed by atoms with Gasteiger partial charge in [-0.25, -0.2) is 0 Å². The van der Waals surface area contributed by atoms with Gasteiger partial charge in [-0.3, -0.25) is 4.98 Å². The normalized spacial score (nSPS) is 17.2. The predicted molar refractivity (Wildman–Crippen MR) is 86.7 cm³/mol. The van der Waals surface area contributed by atoms with Crippen molar-refractivity contribution in [2.75, 3.05) is 19.6 Å². The number of ether oxygens (including phenoxy) is 1. The second-order valence-corrected chi connectivity index (χ2v) is 5.90. The third-order valence-corrected chi connectivity index (χ3v) is 4.28. The minimum Gasteiger partial charge on any atom is -0.490 e. The van der Waals surface area contributed by atoms with Gasteiger partial charge in [0.2, 0.25) is 0 Å². The van der Waals surface area contributed by atoms with Crippen LogP contribution in [0.3, 0.4) is 0 Å². The van der Waals surface area contributed by atoms with Crippen molar-refractivity contribution in [2.24, 2.45) is 0 Å². The maximum absolute atomic E-state index is 6.17. The minimum atomic E-state index is 0.363. The van der Waals surface area contributed by atoms with Gasteiger partial charge in [-0.1, -0.05) is 13.3 Å². The van der Waals surface area contributed by atoms with E-state index in [0.717, 1.165) is 18.6 Å². The van der Waals surface area contributed by atoms with Crippen LogP contribution >= 0.6 is 0 Å². The van der Waals surface area contributed by atoms with E-state index in [2.05, 4.69) is 35.0 Å². The van der Waals surface area contributed by atoms with Crippen LogP contribution in [0.5, 0.6) is 5.75 Å². The molecule has 0 aliphatic carbocycles. The molecular weight excluding hydrogens is 260 g/mol. The van der Waals surface area contributed by atoms with Crippen molar-refractivity contribution in [1.29, 1.82) is 0 Å². The Hall–Kier alpha value is -1.61. The summed E-state index contributed by atoms with van der Waals surface area (Å²) >= 11 is 0. The Balaban J connectivity index is 1.56. The molecule has 1 fully saturated rings. The molecular formula is C18H24N2O. The lowest BCUT2D eigenvalue weighted by Crippen LogP contribution is -2.38. The summed E-state index contributed by atoms with van der Waals surface area (Å²) in [6.07, 6.45) is 8.95. The quantitative estimate of drug-likeness (QED) is 0.833. The maximum atomic E-state index is 6.17. The molecule has 112 valence electrons. The van der Waals surface area contributed by atoms with E-state index >= 15 is 0 Å². The van der Waals surface area contributed by atoms with Gasteiger partial charge < -0.3 is 9.64 Å². The van der Waals surface area contributed by atoms with Gasteiger partial charge >= 0.3 is 0 Å². The largest absolute Gasteiger partial charge is 0.490 e. The number of fused-ring (bicyclic) bond motifs is 1. The number of rotatable bonds is 5. The lowest BCUT2D eigenvalue weighted by molar-refractivity contribution is 0.0999. The van der Waals surface area contributed by atoms with Crippen LogP contribution in [0, 0.1) is 0 Å². The number of unbranched alkanes of at least 4 members (excludes halogenated alkanes) is 1. The van der Waals surface area contributed by atoms with Gasteiger partial charge in [0.05, 0.1) is 0 Å². The van der Waals surface area contributed by atoms with Gasteiger partial charge in [-0.05, 0) is 55.5 Å². The zero-order chi connectivity index (χ0) is 14.5. The molecule has 1 aromatic heterocycles. The van der Waals surface area contributed by atoms with Crippen LogP contribution < -0.4 is 4.74 Å². The van der Waals surface area contributed by atoms with Gasteiger partial charge in [0.1, 0.15) is 11.9 Å². The first-order valence-electron chi connectivity index (χ1n) is 8.08. The number of likely N-dealkylation sites (tertiary alicyclic amines) is 1. The standard InChI is InChI=1S/C18H24N2O/c1-2-3-10-20-11-7-17(8-12-20)21-18-5-4-16-14-19-9-6-15(16)13-18/h4-6,9,13-14,17H,2-3,7-8,10-12H2,1H3. The number of nitrogens with zero attached hydrogens (tertiary/aromatic N) is 2. The predicted octanol–water partition coefficient (Wildman–Crippen LogP) is 3.88. The van der Waals surface area contributed by atoms with Crippen molar-refractivity contribution in [3.05, 3.63) is 36.7 Å². The summed E-state index contributed by atoms with van der Waals surface area (Å²) in [5.74, 6) is 0.987.